The molecule has 0 amide bonds. The van der Waals surface area contributed by atoms with E-state index in [1.807, 2.05) is 38.1 Å². The van der Waals surface area contributed by atoms with Gasteiger partial charge in [0.05, 0.1) is 19.8 Å². The maximum atomic E-state index is 6.01. The van der Waals surface area contributed by atoms with Crippen LogP contribution in [0.3, 0.4) is 0 Å². The molecule has 6 heteroatoms. The van der Waals surface area contributed by atoms with Crippen LogP contribution in [0.1, 0.15) is 25.5 Å². The van der Waals surface area contributed by atoms with Crippen molar-refractivity contribution in [1.29, 1.82) is 0 Å². The van der Waals surface area contributed by atoms with Crippen LogP contribution >= 0.6 is 0 Å². The van der Waals surface area contributed by atoms with Gasteiger partial charge >= 0.3 is 0 Å². The third-order valence-electron chi connectivity index (χ3n) is 3.10. The zero-order valence-corrected chi connectivity index (χ0v) is 12.5. The Morgan fingerprint density at radius 2 is 1.95 bits per heavy atom. The fourth-order valence-corrected chi connectivity index (χ4v) is 1.93. The lowest BCUT2D eigenvalue weighted by atomic mass is 10.1. The van der Waals surface area contributed by atoms with Crippen molar-refractivity contribution in [3.8, 4) is 11.6 Å². The summed E-state index contributed by atoms with van der Waals surface area (Å²) in [5, 5.41) is 3.27. The number of hydrogen-bond donors (Lipinski definition) is 2. The summed E-state index contributed by atoms with van der Waals surface area (Å²) in [5.74, 6) is 1.79. The second-order valence-electron chi connectivity index (χ2n) is 4.51. The maximum Gasteiger partial charge on any atom is 0.242 e. The Hall–Kier alpha value is -2.50. The van der Waals surface area contributed by atoms with Gasteiger partial charge in [-0.1, -0.05) is 12.1 Å². The lowest BCUT2D eigenvalue weighted by Crippen LogP contribution is -2.11. The van der Waals surface area contributed by atoms with Gasteiger partial charge in [-0.15, -0.1) is 0 Å². The number of ether oxygens (including phenoxy) is 2. The van der Waals surface area contributed by atoms with E-state index >= 15 is 0 Å². The number of nitrogens with two attached hydrogens (primary N) is 1. The Morgan fingerprint density at radius 3 is 2.57 bits per heavy atom. The SMILES string of the molecule is CCOc1ncnc(NC(C)c2ccc(OC)cc2)c1N. The van der Waals surface area contributed by atoms with E-state index in [0.717, 1.165) is 11.3 Å². The Balaban J connectivity index is 2.14. The Labute approximate surface area is 124 Å². The normalized spacial score (nSPS) is 11.8. The molecule has 3 N–H and O–H groups in total. The van der Waals surface area contributed by atoms with Gasteiger partial charge in [-0.3, -0.25) is 0 Å². The molecular weight excluding hydrogens is 268 g/mol. The molecule has 6 nitrogen and oxygen atoms in total. The summed E-state index contributed by atoms with van der Waals surface area (Å²) in [6, 6.07) is 7.88. The van der Waals surface area contributed by atoms with E-state index in [1.54, 1.807) is 7.11 Å². The van der Waals surface area contributed by atoms with Gasteiger partial charge in [0.15, 0.2) is 5.82 Å². The molecule has 2 rings (SSSR count). The largest absolute Gasteiger partial charge is 0.497 e. The smallest absolute Gasteiger partial charge is 0.242 e. The average Bonchev–Trinajstić information content (AvgIpc) is 2.51. The van der Waals surface area contributed by atoms with Gasteiger partial charge in [0.2, 0.25) is 5.88 Å². The number of hydrogen-bond acceptors (Lipinski definition) is 6. The van der Waals surface area contributed by atoms with Crippen molar-refractivity contribution in [1.82, 2.24) is 9.97 Å². The highest BCUT2D eigenvalue weighted by Crippen LogP contribution is 2.28. The van der Waals surface area contributed by atoms with E-state index in [4.69, 9.17) is 15.2 Å². The highest BCUT2D eigenvalue weighted by Gasteiger charge is 2.12. The molecule has 0 fully saturated rings. The molecule has 0 spiro atoms. The Bertz CT molecular complexity index is 587. The van der Waals surface area contributed by atoms with Crippen LogP contribution in [0, 0.1) is 0 Å². The molecular formula is C15H20N4O2. The summed E-state index contributed by atoms with van der Waals surface area (Å²) in [6.07, 6.45) is 1.43. The van der Waals surface area contributed by atoms with E-state index < -0.39 is 0 Å². The molecule has 2 aromatic rings. The molecule has 0 aliphatic rings. The third-order valence-corrected chi connectivity index (χ3v) is 3.10. The summed E-state index contributed by atoms with van der Waals surface area (Å²) < 4.78 is 10.5. The van der Waals surface area contributed by atoms with Crippen molar-refractivity contribution < 1.29 is 9.47 Å². The van der Waals surface area contributed by atoms with Crippen LogP contribution in [-0.4, -0.2) is 23.7 Å². The summed E-state index contributed by atoms with van der Waals surface area (Å²) in [5.41, 5.74) is 7.53. The number of anilines is 2. The Kier molecular flexibility index (Phi) is 4.81. The standard InChI is InChI=1S/C15H20N4O2/c1-4-21-15-13(16)14(17-9-18-15)19-10(2)11-5-7-12(20-3)8-6-11/h5-10H,4,16H2,1-3H3,(H,17,18,19). The monoisotopic (exact) mass is 288 g/mol. The first-order valence-corrected chi connectivity index (χ1v) is 6.79. The predicted molar refractivity (Wildman–Crippen MR) is 82.6 cm³/mol. The predicted octanol–water partition coefficient (Wildman–Crippen LogP) is 2.64. The number of methoxy groups -OCH3 is 1. The van der Waals surface area contributed by atoms with E-state index in [9.17, 15) is 0 Å². The van der Waals surface area contributed by atoms with Gasteiger partial charge in [0.25, 0.3) is 0 Å². The van der Waals surface area contributed by atoms with Crippen LogP contribution < -0.4 is 20.5 Å². The summed E-state index contributed by atoms with van der Waals surface area (Å²) in [6.45, 7) is 4.42. The van der Waals surface area contributed by atoms with Gasteiger partial charge < -0.3 is 20.5 Å². The van der Waals surface area contributed by atoms with Crippen molar-refractivity contribution in [2.24, 2.45) is 0 Å². The van der Waals surface area contributed by atoms with Crippen LogP contribution in [0.5, 0.6) is 11.6 Å². The molecule has 1 aromatic heterocycles. The number of nitrogen functional groups attached to an aromatic ring is 1. The molecule has 0 saturated carbocycles. The molecule has 21 heavy (non-hydrogen) atoms. The minimum absolute atomic E-state index is 0.0441. The first kappa shape index (κ1) is 14.9. The second kappa shape index (κ2) is 6.78. The number of nitrogens with zero attached hydrogens (tertiary/aromatic N) is 2. The van der Waals surface area contributed by atoms with Crippen LogP contribution in [0.15, 0.2) is 30.6 Å². The average molecular weight is 288 g/mol. The van der Waals surface area contributed by atoms with Gasteiger partial charge in [-0.2, -0.15) is 4.98 Å². The molecule has 1 unspecified atom stereocenters. The zero-order chi connectivity index (χ0) is 15.2. The second-order valence-corrected chi connectivity index (χ2v) is 4.51. The molecule has 0 bridgehead atoms. The van der Waals surface area contributed by atoms with Crippen molar-refractivity contribution >= 4 is 11.5 Å². The third kappa shape index (κ3) is 3.53. The van der Waals surface area contributed by atoms with Crippen molar-refractivity contribution in [3.63, 3.8) is 0 Å². The number of nitrogens with one attached hydrogen (secondary N) is 1. The van der Waals surface area contributed by atoms with Gasteiger partial charge in [0.1, 0.15) is 17.8 Å². The molecule has 1 aromatic carbocycles. The van der Waals surface area contributed by atoms with Crippen molar-refractivity contribution in [3.05, 3.63) is 36.2 Å². The minimum Gasteiger partial charge on any atom is -0.497 e. The van der Waals surface area contributed by atoms with E-state index in [2.05, 4.69) is 15.3 Å². The van der Waals surface area contributed by atoms with Gasteiger partial charge in [-0.25, -0.2) is 4.98 Å². The van der Waals surface area contributed by atoms with Crippen LogP contribution in [0.2, 0.25) is 0 Å². The molecule has 0 aliphatic heterocycles. The molecule has 0 radical (unpaired) electrons. The number of aromatic nitrogens is 2. The first-order chi connectivity index (χ1) is 10.2. The molecule has 1 atom stereocenters. The fourth-order valence-electron chi connectivity index (χ4n) is 1.93. The topological polar surface area (TPSA) is 82.3 Å². The van der Waals surface area contributed by atoms with Crippen molar-refractivity contribution in [2.45, 2.75) is 19.9 Å². The zero-order valence-electron chi connectivity index (χ0n) is 12.5. The molecule has 112 valence electrons. The van der Waals surface area contributed by atoms with Crippen LogP contribution in [0.25, 0.3) is 0 Å². The lowest BCUT2D eigenvalue weighted by Gasteiger charge is -2.17. The van der Waals surface area contributed by atoms with Crippen LogP contribution in [-0.2, 0) is 0 Å². The highest BCUT2D eigenvalue weighted by atomic mass is 16.5. The highest BCUT2D eigenvalue weighted by molar-refractivity contribution is 5.66. The lowest BCUT2D eigenvalue weighted by molar-refractivity contribution is 0.328. The van der Waals surface area contributed by atoms with Gasteiger partial charge in [0, 0.05) is 0 Å². The molecule has 0 aliphatic carbocycles. The van der Waals surface area contributed by atoms with Crippen LogP contribution in [0.4, 0.5) is 11.5 Å². The summed E-state index contributed by atoms with van der Waals surface area (Å²) >= 11 is 0. The quantitative estimate of drug-likeness (QED) is 0.850. The number of benzene rings is 1. The number of rotatable bonds is 6. The van der Waals surface area contributed by atoms with Crippen molar-refractivity contribution in [2.75, 3.05) is 24.8 Å². The summed E-state index contributed by atoms with van der Waals surface area (Å²) in [7, 11) is 1.65. The van der Waals surface area contributed by atoms with E-state index in [1.165, 1.54) is 6.33 Å². The van der Waals surface area contributed by atoms with Gasteiger partial charge in [-0.05, 0) is 31.5 Å². The summed E-state index contributed by atoms with van der Waals surface area (Å²) in [4.78, 5) is 8.18. The minimum atomic E-state index is 0.0441. The first-order valence-electron chi connectivity index (χ1n) is 6.79. The Morgan fingerprint density at radius 1 is 1.24 bits per heavy atom. The molecule has 1 heterocycles. The van der Waals surface area contributed by atoms with E-state index in [-0.39, 0.29) is 6.04 Å². The molecule has 0 saturated heterocycles. The van der Waals surface area contributed by atoms with E-state index in [0.29, 0.717) is 24.0 Å². The maximum absolute atomic E-state index is 6.01. The fraction of sp³-hybridized carbons (Fsp3) is 0.333.